The number of nitrogens with two attached hydrogens (primary N) is 1. The molecule has 0 bridgehead atoms. The summed E-state index contributed by atoms with van der Waals surface area (Å²) in [7, 11) is 0. The highest BCUT2D eigenvalue weighted by Crippen LogP contribution is 2.29. The van der Waals surface area contributed by atoms with Gasteiger partial charge in [0.1, 0.15) is 0 Å². The summed E-state index contributed by atoms with van der Waals surface area (Å²) in [6.07, 6.45) is -3.46. The second-order valence-electron chi connectivity index (χ2n) is 3.35. The first-order valence-corrected chi connectivity index (χ1v) is 6.13. The zero-order valence-electron chi connectivity index (χ0n) is 8.76. The predicted octanol–water partition coefficient (Wildman–Crippen LogP) is 2.94. The molecule has 16 heavy (non-hydrogen) atoms. The van der Waals surface area contributed by atoms with Crippen molar-refractivity contribution < 1.29 is 13.2 Å². The minimum Gasteiger partial charge on any atom is -0.330 e. The van der Waals surface area contributed by atoms with Gasteiger partial charge in [-0.25, -0.2) is 0 Å². The molecule has 0 heterocycles. The fraction of sp³-hybridized carbons (Fsp3) is 0.455. The largest absolute Gasteiger partial charge is 0.416 e. The lowest BCUT2D eigenvalue weighted by atomic mass is 10.1. The number of aryl methyl sites for hydroxylation is 1. The monoisotopic (exact) mass is 249 g/mol. The molecule has 1 aromatic rings. The van der Waals surface area contributed by atoms with Crippen LogP contribution in [0.2, 0.25) is 0 Å². The number of benzene rings is 1. The highest BCUT2D eigenvalue weighted by atomic mass is 32.2. The maximum absolute atomic E-state index is 12.3. The van der Waals surface area contributed by atoms with E-state index >= 15 is 0 Å². The Balaban J connectivity index is 2.46. The van der Waals surface area contributed by atoms with Crippen molar-refractivity contribution in [2.24, 2.45) is 5.73 Å². The van der Waals surface area contributed by atoms with Gasteiger partial charge in [-0.2, -0.15) is 24.9 Å². The Hall–Kier alpha value is -0.680. The van der Waals surface area contributed by atoms with Crippen molar-refractivity contribution in [3.63, 3.8) is 0 Å². The number of hydrogen-bond acceptors (Lipinski definition) is 2. The molecule has 0 radical (unpaired) electrons. The Morgan fingerprint density at radius 2 is 1.69 bits per heavy atom. The fourth-order valence-corrected chi connectivity index (χ4v) is 1.99. The van der Waals surface area contributed by atoms with Gasteiger partial charge in [0.15, 0.2) is 0 Å². The molecule has 0 atom stereocenters. The highest BCUT2D eigenvalue weighted by Gasteiger charge is 2.29. The molecule has 5 heteroatoms. The van der Waals surface area contributed by atoms with Gasteiger partial charge in [-0.1, -0.05) is 12.1 Å². The summed E-state index contributed by atoms with van der Waals surface area (Å²) in [5.41, 5.74) is 5.67. The molecule has 0 saturated heterocycles. The van der Waals surface area contributed by atoms with E-state index in [1.54, 1.807) is 11.8 Å². The Kier molecular flexibility index (Phi) is 5.15. The standard InChI is InChI=1S/C11H14F3NS/c12-11(13,14)10-3-1-9(2-4-10)5-7-16-8-6-15/h1-4H,5-8,15H2. The smallest absolute Gasteiger partial charge is 0.330 e. The van der Waals surface area contributed by atoms with E-state index in [-0.39, 0.29) is 0 Å². The molecule has 2 N–H and O–H groups in total. The molecule has 1 rings (SSSR count). The second kappa shape index (κ2) is 6.15. The summed E-state index contributed by atoms with van der Waals surface area (Å²) in [4.78, 5) is 0. The Labute approximate surface area is 97.2 Å². The summed E-state index contributed by atoms with van der Waals surface area (Å²) < 4.78 is 36.8. The normalized spacial score (nSPS) is 11.8. The molecule has 90 valence electrons. The molecule has 0 saturated carbocycles. The van der Waals surface area contributed by atoms with Crippen LogP contribution in [0, 0.1) is 0 Å². The zero-order valence-corrected chi connectivity index (χ0v) is 9.57. The highest BCUT2D eigenvalue weighted by molar-refractivity contribution is 7.99. The van der Waals surface area contributed by atoms with E-state index in [1.165, 1.54) is 12.1 Å². The first-order chi connectivity index (χ1) is 7.54. The first-order valence-electron chi connectivity index (χ1n) is 4.98. The van der Waals surface area contributed by atoms with Gasteiger partial charge in [0.2, 0.25) is 0 Å². The van der Waals surface area contributed by atoms with Gasteiger partial charge >= 0.3 is 6.18 Å². The molecule has 0 unspecified atom stereocenters. The number of alkyl halides is 3. The lowest BCUT2D eigenvalue weighted by Crippen LogP contribution is -2.05. The quantitative estimate of drug-likeness (QED) is 0.812. The molecule has 0 aliphatic carbocycles. The van der Waals surface area contributed by atoms with Crippen LogP contribution in [0.25, 0.3) is 0 Å². The zero-order chi connectivity index (χ0) is 12.0. The maximum atomic E-state index is 12.3. The predicted molar refractivity (Wildman–Crippen MR) is 61.5 cm³/mol. The lowest BCUT2D eigenvalue weighted by molar-refractivity contribution is -0.137. The van der Waals surface area contributed by atoms with E-state index in [0.717, 1.165) is 35.6 Å². The van der Waals surface area contributed by atoms with Gasteiger partial charge in [0.25, 0.3) is 0 Å². The average Bonchev–Trinajstić information content (AvgIpc) is 2.24. The maximum Gasteiger partial charge on any atom is 0.416 e. The van der Waals surface area contributed by atoms with Crippen LogP contribution in [0.15, 0.2) is 24.3 Å². The number of halogens is 3. The van der Waals surface area contributed by atoms with E-state index in [0.29, 0.717) is 6.54 Å². The van der Waals surface area contributed by atoms with E-state index in [9.17, 15) is 13.2 Å². The Bertz CT molecular complexity index is 308. The van der Waals surface area contributed by atoms with Crippen LogP contribution in [0.5, 0.6) is 0 Å². The van der Waals surface area contributed by atoms with E-state index in [4.69, 9.17) is 5.73 Å². The van der Waals surface area contributed by atoms with E-state index in [2.05, 4.69) is 0 Å². The third-order valence-electron chi connectivity index (χ3n) is 2.08. The fourth-order valence-electron chi connectivity index (χ4n) is 1.24. The van der Waals surface area contributed by atoms with Gasteiger partial charge in [-0.05, 0) is 29.9 Å². The van der Waals surface area contributed by atoms with E-state index in [1.807, 2.05) is 0 Å². The molecule has 1 aromatic carbocycles. The van der Waals surface area contributed by atoms with Crippen LogP contribution < -0.4 is 5.73 Å². The number of thioether (sulfide) groups is 1. The SMILES string of the molecule is NCCSCCc1ccc(C(F)(F)F)cc1. The average molecular weight is 249 g/mol. The van der Waals surface area contributed by atoms with Crippen molar-refractivity contribution in [1.29, 1.82) is 0 Å². The minimum atomic E-state index is -4.24. The molecule has 1 nitrogen and oxygen atoms in total. The molecule has 0 fully saturated rings. The Morgan fingerprint density at radius 1 is 1.06 bits per heavy atom. The van der Waals surface area contributed by atoms with Crippen molar-refractivity contribution in [3.05, 3.63) is 35.4 Å². The Morgan fingerprint density at radius 3 is 2.19 bits per heavy atom. The summed E-state index contributed by atoms with van der Waals surface area (Å²) >= 11 is 1.71. The van der Waals surface area contributed by atoms with E-state index < -0.39 is 11.7 Å². The van der Waals surface area contributed by atoms with Crippen LogP contribution in [-0.2, 0) is 12.6 Å². The van der Waals surface area contributed by atoms with Crippen molar-refractivity contribution in [2.75, 3.05) is 18.1 Å². The lowest BCUT2D eigenvalue weighted by Gasteiger charge is -2.07. The van der Waals surface area contributed by atoms with Crippen molar-refractivity contribution in [1.82, 2.24) is 0 Å². The van der Waals surface area contributed by atoms with Gasteiger partial charge in [0, 0.05) is 12.3 Å². The molecular formula is C11H14F3NS. The van der Waals surface area contributed by atoms with Gasteiger partial charge < -0.3 is 5.73 Å². The third-order valence-corrected chi connectivity index (χ3v) is 3.10. The molecular weight excluding hydrogens is 235 g/mol. The van der Waals surface area contributed by atoms with Crippen molar-refractivity contribution in [2.45, 2.75) is 12.6 Å². The van der Waals surface area contributed by atoms with Crippen LogP contribution in [0.1, 0.15) is 11.1 Å². The molecule has 0 amide bonds. The topological polar surface area (TPSA) is 26.0 Å². The molecule has 0 aromatic heterocycles. The van der Waals surface area contributed by atoms with Gasteiger partial charge in [0.05, 0.1) is 5.56 Å². The van der Waals surface area contributed by atoms with Gasteiger partial charge in [-0.3, -0.25) is 0 Å². The van der Waals surface area contributed by atoms with Crippen LogP contribution in [-0.4, -0.2) is 18.1 Å². The van der Waals surface area contributed by atoms with Crippen LogP contribution in [0.3, 0.4) is 0 Å². The molecule has 0 aliphatic rings. The van der Waals surface area contributed by atoms with Crippen LogP contribution >= 0.6 is 11.8 Å². The van der Waals surface area contributed by atoms with Crippen molar-refractivity contribution >= 4 is 11.8 Å². The number of rotatable bonds is 5. The van der Waals surface area contributed by atoms with Crippen LogP contribution in [0.4, 0.5) is 13.2 Å². The minimum absolute atomic E-state index is 0.592. The first kappa shape index (κ1) is 13.4. The molecule has 0 aliphatic heterocycles. The number of hydrogen-bond donors (Lipinski definition) is 1. The summed E-state index contributed by atoms with van der Waals surface area (Å²) in [6, 6.07) is 5.32. The third kappa shape index (κ3) is 4.45. The second-order valence-corrected chi connectivity index (χ2v) is 4.57. The molecule has 0 spiro atoms. The summed E-state index contributed by atoms with van der Waals surface area (Å²) in [5.74, 6) is 1.78. The van der Waals surface area contributed by atoms with Gasteiger partial charge in [-0.15, -0.1) is 0 Å². The van der Waals surface area contributed by atoms with Crippen molar-refractivity contribution in [3.8, 4) is 0 Å². The summed E-state index contributed by atoms with van der Waals surface area (Å²) in [6.45, 7) is 0.637. The summed E-state index contributed by atoms with van der Waals surface area (Å²) in [5, 5.41) is 0.